The van der Waals surface area contributed by atoms with Gasteiger partial charge in [-0.15, -0.1) is 0 Å². The first-order valence-electron chi connectivity index (χ1n) is 7.79. The summed E-state index contributed by atoms with van der Waals surface area (Å²) in [5.74, 6) is -0.643. The number of carbonyl (C=O) groups is 1. The Morgan fingerprint density at radius 2 is 1.92 bits per heavy atom. The zero-order chi connectivity index (χ0) is 17.4. The lowest BCUT2D eigenvalue weighted by molar-refractivity contribution is -0.117. The molecule has 0 unspecified atom stereocenters. The lowest BCUT2D eigenvalue weighted by atomic mass is 10.1. The van der Waals surface area contributed by atoms with Gasteiger partial charge in [0.25, 0.3) is 0 Å². The summed E-state index contributed by atoms with van der Waals surface area (Å²) in [4.78, 5) is 14.2. The normalized spacial score (nSPS) is 10.8. The van der Waals surface area contributed by atoms with Crippen molar-refractivity contribution >= 4 is 23.2 Å². The Kier molecular flexibility index (Phi) is 7.18. The molecule has 0 atom stereocenters. The maximum absolute atomic E-state index is 13.0. The summed E-state index contributed by atoms with van der Waals surface area (Å²) in [5.41, 5.74) is 7.24. The van der Waals surface area contributed by atoms with Crippen LogP contribution in [0.3, 0.4) is 0 Å². The summed E-state index contributed by atoms with van der Waals surface area (Å²) in [7, 11) is 0. The van der Waals surface area contributed by atoms with Crippen molar-refractivity contribution in [3.8, 4) is 0 Å². The van der Waals surface area contributed by atoms with E-state index in [-0.39, 0.29) is 17.5 Å². The highest BCUT2D eigenvalue weighted by Crippen LogP contribution is 2.22. The number of amides is 1. The van der Waals surface area contributed by atoms with Crippen LogP contribution in [0.15, 0.2) is 48.5 Å². The minimum absolute atomic E-state index is 0.179. The van der Waals surface area contributed by atoms with Crippen molar-refractivity contribution in [1.29, 1.82) is 0 Å². The van der Waals surface area contributed by atoms with Crippen molar-refractivity contribution in [2.75, 3.05) is 31.5 Å². The number of hydrogen-bond donors (Lipinski definition) is 2. The molecule has 0 saturated carbocycles. The summed E-state index contributed by atoms with van der Waals surface area (Å²) in [6.45, 7) is 2.03. The number of carbonyl (C=O) groups excluding carboxylic acids is 1. The average molecular weight is 350 g/mol. The van der Waals surface area contributed by atoms with Gasteiger partial charge in [-0.05, 0) is 30.2 Å². The highest BCUT2D eigenvalue weighted by molar-refractivity contribution is 6.33. The molecule has 0 spiro atoms. The first kappa shape index (κ1) is 18.4. The van der Waals surface area contributed by atoms with E-state index in [1.54, 1.807) is 0 Å². The standard InChI is InChI=1S/C18H21ClFN3O/c19-16-12-15(20)6-7-17(16)22-18(24)13-23(11-9-21)10-8-14-4-2-1-3-5-14/h1-7,12H,8-11,13,21H2,(H,22,24). The number of anilines is 1. The van der Waals surface area contributed by atoms with E-state index in [4.69, 9.17) is 17.3 Å². The van der Waals surface area contributed by atoms with E-state index in [1.165, 1.54) is 23.8 Å². The van der Waals surface area contributed by atoms with Gasteiger partial charge >= 0.3 is 0 Å². The molecule has 1 amide bonds. The van der Waals surface area contributed by atoms with Crippen LogP contribution in [0.25, 0.3) is 0 Å². The second-order valence-corrected chi connectivity index (χ2v) is 5.88. The molecule has 24 heavy (non-hydrogen) atoms. The Labute approximate surface area is 146 Å². The van der Waals surface area contributed by atoms with Crippen molar-refractivity contribution in [3.63, 3.8) is 0 Å². The SMILES string of the molecule is NCCN(CCc1ccccc1)CC(=O)Nc1ccc(F)cc1Cl. The Morgan fingerprint density at radius 3 is 2.58 bits per heavy atom. The predicted molar refractivity (Wildman–Crippen MR) is 95.7 cm³/mol. The second-order valence-electron chi connectivity index (χ2n) is 5.47. The molecule has 2 aromatic carbocycles. The maximum Gasteiger partial charge on any atom is 0.238 e. The van der Waals surface area contributed by atoms with E-state index in [1.807, 2.05) is 23.1 Å². The Hall–Kier alpha value is -1.95. The molecule has 4 nitrogen and oxygen atoms in total. The molecule has 2 rings (SSSR count). The highest BCUT2D eigenvalue weighted by Gasteiger charge is 2.12. The Bertz CT molecular complexity index is 667. The zero-order valence-corrected chi connectivity index (χ0v) is 14.1. The zero-order valence-electron chi connectivity index (χ0n) is 13.3. The molecule has 0 aliphatic carbocycles. The number of benzene rings is 2. The molecule has 0 bridgehead atoms. The van der Waals surface area contributed by atoms with Gasteiger partial charge in [0.1, 0.15) is 5.82 Å². The molecule has 0 aliphatic heterocycles. The van der Waals surface area contributed by atoms with Crippen molar-refractivity contribution in [2.45, 2.75) is 6.42 Å². The molecule has 2 aromatic rings. The molecule has 0 aliphatic rings. The van der Waals surface area contributed by atoms with Crippen LogP contribution in [0.5, 0.6) is 0 Å². The van der Waals surface area contributed by atoms with Gasteiger partial charge in [-0.2, -0.15) is 0 Å². The number of rotatable bonds is 8. The van der Waals surface area contributed by atoms with Gasteiger partial charge in [-0.1, -0.05) is 41.9 Å². The van der Waals surface area contributed by atoms with Crippen molar-refractivity contribution in [2.24, 2.45) is 5.73 Å². The van der Waals surface area contributed by atoms with Gasteiger partial charge < -0.3 is 11.1 Å². The van der Waals surface area contributed by atoms with Gasteiger partial charge in [0, 0.05) is 19.6 Å². The molecule has 6 heteroatoms. The van der Waals surface area contributed by atoms with Crippen molar-refractivity contribution in [3.05, 3.63) is 64.9 Å². The summed E-state index contributed by atoms with van der Waals surface area (Å²) in [6, 6.07) is 13.9. The third-order valence-electron chi connectivity index (χ3n) is 3.58. The van der Waals surface area contributed by atoms with Crippen LogP contribution in [0.4, 0.5) is 10.1 Å². The molecular weight excluding hydrogens is 329 g/mol. The molecule has 3 N–H and O–H groups in total. The summed E-state index contributed by atoms with van der Waals surface area (Å²) in [5, 5.41) is 2.88. The van der Waals surface area contributed by atoms with E-state index in [2.05, 4.69) is 17.4 Å². The quantitative estimate of drug-likeness (QED) is 0.770. The van der Waals surface area contributed by atoms with Crippen LogP contribution in [0, 0.1) is 5.82 Å². The Morgan fingerprint density at radius 1 is 1.17 bits per heavy atom. The smallest absolute Gasteiger partial charge is 0.238 e. The number of nitrogens with two attached hydrogens (primary N) is 1. The first-order chi connectivity index (χ1) is 11.6. The van der Waals surface area contributed by atoms with Crippen LogP contribution in [0.1, 0.15) is 5.56 Å². The fraction of sp³-hybridized carbons (Fsp3) is 0.278. The van der Waals surface area contributed by atoms with E-state index < -0.39 is 5.82 Å². The minimum Gasteiger partial charge on any atom is -0.329 e. The predicted octanol–water partition coefficient (Wildman–Crippen LogP) is 2.92. The minimum atomic E-state index is -0.439. The molecule has 0 aromatic heterocycles. The number of halogens is 2. The lowest BCUT2D eigenvalue weighted by Crippen LogP contribution is -2.38. The van der Waals surface area contributed by atoms with Gasteiger partial charge in [0.2, 0.25) is 5.91 Å². The molecule has 0 fully saturated rings. The fourth-order valence-electron chi connectivity index (χ4n) is 2.37. The van der Waals surface area contributed by atoms with E-state index in [0.717, 1.165) is 13.0 Å². The monoisotopic (exact) mass is 349 g/mol. The Balaban J connectivity index is 1.90. The number of nitrogens with zero attached hydrogens (tertiary/aromatic N) is 1. The summed E-state index contributed by atoms with van der Waals surface area (Å²) in [6.07, 6.45) is 0.839. The van der Waals surface area contributed by atoms with Crippen LogP contribution in [0.2, 0.25) is 5.02 Å². The number of nitrogens with one attached hydrogen (secondary N) is 1. The van der Waals surface area contributed by atoms with Crippen molar-refractivity contribution < 1.29 is 9.18 Å². The molecule has 128 valence electrons. The van der Waals surface area contributed by atoms with Crippen LogP contribution >= 0.6 is 11.6 Å². The summed E-state index contributed by atoms with van der Waals surface area (Å²) < 4.78 is 13.0. The van der Waals surface area contributed by atoms with Crippen LogP contribution < -0.4 is 11.1 Å². The third kappa shape index (κ3) is 5.92. The highest BCUT2D eigenvalue weighted by atomic mass is 35.5. The van der Waals surface area contributed by atoms with Gasteiger partial charge in [0.15, 0.2) is 0 Å². The summed E-state index contributed by atoms with van der Waals surface area (Å²) >= 11 is 5.92. The van der Waals surface area contributed by atoms with Gasteiger partial charge in [-0.25, -0.2) is 4.39 Å². The number of hydrogen-bond acceptors (Lipinski definition) is 3. The van der Waals surface area contributed by atoms with E-state index >= 15 is 0 Å². The third-order valence-corrected chi connectivity index (χ3v) is 3.89. The lowest BCUT2D eigenvalue weighted by Gasteiger charge is -2.21. The fourth-order valence-corrected chi connectivity index (χ4v) is 2.58. The van der Waals surface area contributed by atoms with Crippen LogP contribution in [-0.4, -0.2) is 37.0 Å². The molecular formula is C18H21ClFN3O. The van der Waals surface area contributed by atoms with Crippen molar-refractivity contribution in [1.82, 2.24) is 4.90 Å². The average Bonchev–Trinajstić information content (AvgIpc) is 2.56. The second kappa shape index (κ2) is 9.37. The molecule has 0 radical (unpaired) electrons. The molecule has 0 heterocycles. The van der Waals surface area contributed by atoms with E-state index in [9.17, 15) is 9.18 Å². The largest absolute Gasteiger partial charge is 0.329 e. The topological polar surface area (TPSA) is 58.4 Å². The van der Waals surface area contributed by atoms with E-state index in [0.29, 0.717) is 18.8 Å². The molecule has 0 saturated heterocycles. The first-order valence-corrected chi connectivity index (χ1v) is 8.17. The van der Waals surface area contributed by atoms with Crippen LogP contribution in [-0.2, 0) is 11.2 Å². The maximum atomic E-state index is 13.0. The van der Waals surface area contributed by atoms with Gasteiger partial charge in [-0.3, -0.25) is 9.69 Å². The van der Waals surface area contributed by atoms with Gasteiger partial charge in [0.05, 0.1) is 17.3 Å².